The van der Waals surface area contributed by atoms with Gasteiger partial charge in [0, 0.05) is 0 Å². The number of carbonyl (C=O) groups is 1. The van der Waals surface area contributed by atoms with Crippen LogP contribution in [-0.4, -0.2) is 28.0 Å². The van der Waals surface area contributed by atoms with Crippen LogP contribution in [0.4, 0.5) is 5.69 Å². The second-order valence-electron chi connectivity index (χ2n) is 10.1. The van der Waals surface area contributed by atoms with Gasteiger partial charge in [0.05, 0.1) is 23.7 Å². The standard InChI is InChI=1S/C33H36N2O5S/c1-23(2)30-21-31(24(3)20-32(30)39-5)25(4)34-33(36)22-35(41(37,38)29-14-10-7-11-15-29)26-16-18-28(19-17-26)40-27-12-8-6-9-13-27/h6-21,23,25H,22H2,1-5H3,(H,34,36)/t25-/m0/s1. The fourth-order valence-electron chi connectivity index (χ4n) is 4.65. The van der Waals surface area contributed by atoms with Crippen molar-refractivity contribution in [2.24, 2.45) is 0 Å². The van der Waals surface area contributed by atoms with Crippen LogP contribution in [-0.2, 0) is 14.8 Å². The van der Waals surface area contributed by atoms with Crippen molar-refractivity contribution >= 4 is 21.6 Å². The molecule has 7 nitrogen and oxygen atoms in total. The highest BCUT2D eigenvalue weighted by Crippen LogP contribution is 2.32. The average Bonchev–Trinajstić information content (AvgIpc) is 2.97. The molecule has 0 aliphatic heterocycles. The first-order chi connectivity index (χ1) is 19.6. The molecule has 0 aliphatic rings. The molecule has 1 N–H and O–H groups in total. The zero-order valence-corrected chi connectivity index (χ0v) is 24.8. The molecule has 0 aromatic heterocycles. The molecule has 214 valence electrons. The van der Waals surface area contributed by atoms with Crippen molar-refractivity contribution in [2.75, 3.05) is 18.0 Å². The minimum Gasteiger partial charge on any atom is -0.496 e. The minimum atomic E-state index is -4.04. The molecule has 41 heavy (non-hydrogen) atoms. The Morgan fingerprint density at radius 2 is 1.41 bits per heavy atom. The van der Waals surface area contributed by atoms with Gasteiger partial charge in [-0.2, -0.15) is 0 Å². The van der Waals surface area contributed by atoms with E-state index < -0.39 is 22.5 Å². The lowest BCUT2D eigenvalue weighted by molar-refractivity contribution is -0.120. The largest absolute Gasteiger partial charge is 0.496 e. The van der Waals surface area contributed by atoms with Crippen LogP contribution in [0.5, 0.6) is 17.2 Å². The van der Waals surface area contributed by atoms with E-state index in [1.54, 1.807) is 49.6 Å². The van der Waals surface area contributed by atoms with Gasteiger partial charge in [-0.15, -0.1) is 0 Å². The van der Waals surface area contributed by atoms with E-state index >= 15 is 0 Å². The summed E-state index contributed by atoms with van der Waals surface area (Å²) in [4.78, 5) is 13.5. The number of hydrogen-bond donors (Lipinski definition) is 1. The summed E-state index contributed by atoms with van der Waals surface area (Å²) in [5.74, 6) is 1.82. The van der Waals surface area contributed by atoms with Crippen LogP contribution in [0.3, 0.4) is 0 Å². The van der Waals surface area contributed by atoms with Gasteiger partial charge in [-0.1, -0.05) is 50.2 Å². The normalized spacial score (nSPS) is 12.0. The molecule has 0 saturated heterocycles. The number of benzene rings is 4. The number of nitrogens with zero attached hydrogens (tertiary/aromatic N) is 1. The molecule has 4 aromatic carbocycles. The highest BCUT2D eigenvalue weighted by Gasteiger charge is 2.28. The van der Waals surface area contributed by atoms with Crippen LogP contribution < -0.4 is 19.1 Å². The fraction of sp³-hybridized carbons (Fsp3) is 0.242. The van der Waals surface area contributed by atoms with Crippen LogP contribution in [0, 0.1) is 6.92 Å². The van der Waals surface area contributed by atoms with Crippen molar-refractivity contribution in [3.63, 3.8) is 0 Å². The van der Waals surface area contributed by atoms with Crippen molar-refractivity contribution in [3.8, 4) is 17.2 Å². The second kappa shape index (κ2) is 12.9. The number of nitrogens with one attached hydrogen (secondary N) is 1. The van der Waals surface area contributed by atoms with E-state index in [9.17, 15) is 13.2 Å². The number of ether oxygens (including phenoxy) is 2. The summed E-state index contributed by atoms with van der Waals surface area (Å²) in [6, 6.07) is 27.7. The maximum absolute atomic E-state index is 13.7. The molecule has 0 unspecified atom stereocenters. The monoisotopic (exact) mass is 572 g/mol. The van der Waals surface area contributed by atoms with Gasteiger partial charge in [0.15, 0.2) is 0 Å². The summed E-state index contributed by atoms with van der Waals surface area (Å²) in [6.45, 7) is 7.64. The summed E-state index contributed by atoms with van der Waals surface area (Å²) in [5.41, 5.74) is 3.31. The van der Waals surface area contributed by atoms with Crippen molar-refractivity contribution in [3.05, 3.63) is 114 Å². The van der Waals surface area contributed by atoms with Crippen molar-refractivity contribution in [1.82, 2.24) is 5.32 Å². The number of hydrogen-bond acceptors (Lipinski definition) is 5. The number of aryl methyl sites for hydroxylation is 1. The maximum atomic E-state index is 13.7. The Kier molecular flexibility index (Phi) is 9.35. The summed E-state index contributed by atoms with van der Waals surface area (Å²) in [7, 11) is -2.39. The molecular formula is C33H36N2O5S. The predicted molar refractivity (Wildman–Crippen MR) is 162 cm³/mol. The SMILES string of the molecule is COc1cc(C)c([C@H](C)NC(=O)CN(c2ccc(Oc3ccccc3)cc2)S(=O)(=O)c2ccccc2)cc1C(C)C. The van der Waals surface area contributed by atoms with Gasteiger partial charge >= 0.3 is 0 Å². The van der Waals surface area contributed by atoms with Gasteiger partial charge in [0.1, 0.15) is 23.8 Å². The first kappa shape index (κ1) is 29.7. The number of para-hydroxylation sites is 1. The van der Waals surface area contributed by atoms with Gasteiger partial charge in [-0.3, -0.25) is 9.10 Å². The first-order valence-corrected chi connectivity index (χ1v) is 14.9. The molecule has 4 aromatic rings. The number of methoxy groups -OCH3 is 1. The van der Waals surface area contributed by atoms with Gasteiger partial charge in [0.25, 0.3) is 10.0 Å². The molecule has 0 aliphatic carbocycles. The molecule has 4 rings (SSSR count). The third-order valence-electron chi connectivity index (χ3n) is 6.81. The molecule has 1 atom stereocenters. The highest BCUT2D eigenvalue weighted by atomic mass is 32.2. The Labute approximate surface area is 242 Å². The van der Waals surface area contributed by atoms with Crippen molar-refractivity contribution in [1.29, 1.82) is 0 Å². The first-order valence-electron chi connectivity index (χ1n) is 13.5. The number of amides is 1. The van der Waals surface area contributed by atoms with E-state index in [1.165, 1.54) is 12.1 Å². The second-order valence-corrected chi connectivity index (χ2v) is 12.0. The van der Waals surface area contributed by atoms with Crippen molar-refractivity contribution in [2.45, 2.75) is 44.6 Å². The molecule has 0 heterocycles. The van der Waals surface area contributed by atoms with E-state index in [-0.39, 0.29) is 16.9 Å². The summed E-state index contributed by atoms with van der Waals surface area (Å²) in [5, 5.41) is 3.00. The third kappa shape index (κ3) is 7.08. The van der Waals surface area contributed by atoms with E-state index in [2.05, 4.69) is 19.2 Å². The number of anilines is 1. The lowest BCUT2D eigenvalue weighted by atomic mass is 9.93. The summed E-state index contributed by atoms with van der Waals surface area (Å²) >= 11 is 0. The Morgan fingerprint density at radius 1 is 0.829 bits per heavy atom. The number of sulfonamides is 1. The van der Waals surface area contributed by atoms with Crippen molar-refractivity contribution < 1.29 is 22.7 Å². The number of carbonyl (C=O) groups excluding carboxylic acids is 1. The molecule has 0 fully saturated rings. The topological polar surface area (TPSA) is 84.9 Å². The lowest BCUT2D eigenvalue weighted by Crippen LogP contribution is -2.41. The molecule has 0 saturated carbocycles. The molecule has 0 spiro atoms. The average molecular weight is 573 g/mol. The Hall–Kier alpha value is -4.30. The molecule has 1 amide bonds. The van der Waals surface area contributed by atoms with Crippen LogP contribution in [0.15, 0.2) is 102 Å². The third-order valence-corrected chi connectivity index (χ3v) is 8.59. The Bertz CT molecular complexity index is 1570. The smallest absolute Gasteiger partial charge is 0.264 e. The summed E-state index contributed by atoms with van der Waals surface area (Å²) < 4.78 is 40.0. The number of rotatable bonds is 11. The van der Waals surface area contributed by atoms with Gasteiger partial charge in [-0.05, 0) is 97.1 Å². The molecular weight excluding hydrogens is 536 g/mol. The van der Waals surface area contributed by atoms with E-state index in [4.69, 9.17) is 9.47 Å². The predicted octanol–water partition coefficient (Wildman–Crippen LogP) is 6.99. The Balaban J connectivity index is 1.60. The lowest BCUT2D eigenvalue weighted by Gasteiger charge is -2.26. The zero-order chi connectivity index (χ0) is 29.6. The minimum absolute atomic E-state index is 0.0954. The van der Waals surface area contributed by atoms with Crippen LogP contribution in [0.25, 0.3) is 0 Å². The van der Waals surface area contributed by atoms with Gasteiger partial charge in [-0.25, -0.2) is 8.42 Å². The van der Waals surface area contributed by atoms with Crippen LogP contribution in [0.2, 0.25) is 0 Å². The zero-order valence-electron chi connectivity index (χ0n) is 24.0. The van der Waals surface area contributed by atoms with E-state index in [1.807, 2.05) is 56.3 Å². The summed E-state index contributed by atoms with van der Waals surface area (Å²) in [6.07, 6.45) is 0. The molecule has 0 radical (unpaired) electrons. The van der Waals surface area contributed by atoms with Gasteiger partial charge < -0.3 is 14.8 Å². The fourth-order valence-corrected chi connectivity index (χ4v) is 6.09. The van der Waals surface area contributed by atoms with E-state index in [0.717, 1.165) is 26.7 Å². The molecule has 0 bridgehead atoms. The van der Waals surface area contributed by atoms with E-state index in [0.29, 0.717) is 17.2 Å². The highest BCUT2D eigenvalue weighted by molar-refractivity contribution is 7.92. The van der Waals surface area contributed by atoms with Crippen LogP contribution in [0.1, 0.15) is 49.4 Å². The molecule has 8 heteroatoms. The quantitative estimate of drug-likeness (QED) is 0.209. The Morgan fingerprint density at radius 3 is 2.00 bits per heavy atom. The maximum Gasteiger partial charge on any atom is 0.264 e. The van der Waals surface area contributed by atoms with Crippen LogP contribution >= 0.6 is 0 Å². The van der Waals surface area contributed by atoms with Gasteiger partial charge in [0.2, 0.25) is 5.91 Å².